The maximum atomic E-state index is 12.8. The SMILES string of the molecule is CC(CSc1ccc(F)cc1)C(=O)NC1CCCNC1C. The van der Waals surface area contributed by atoms with Gasteiger partial charge in [0.25, 0.3) is 0 Å². The lowest BCUT2D eigenvalue weighted by Crippen LogP contribution is -2.53. The lowest BCUT2D eigenvalue weighted by atomic mass is 9.99. The van der Waals surface area contributed by atoms with Gasteiger partial charge >= 0.3 is 0 Å². The number of benzene rings is 1. The van der Waals surface area contributed by atoms with E-state index in [1.54, 1.807) is 23.9 Å². The second-order valence-electron chi connectivity index (χ2n) is 5.67. The van der Waals surface area contributed by atoms with Crippen LogP contribution in [0.1, 0.15) is 26.7 Å². The van der Waals surface area contributed by atoms with Crippen LogP contribution in [0.2, 0.25) is 0 Å². The summed E-state index contributed by atoms with van der Waals surface area (Å²) in [6, 6.07) is 6.95. The molecule has 1 aliphatic rings. The van der Waals surface area contributed by atoms with E-state index in [0.717, 1.165) is 24.3 Å². The fraction of sp³-hybridized carbons (Fsp3) is 0.562. The van der Waals surface area contributed by atoms with Crippen molar-refractivity contribution in [3.05, 3.63) is 30.1 Å². The first kappa shape index (κ1) is 16.3. The van der Waals surface area contributed by atoms with Gasteiger partial charge in [0.2, 0.25) is 5.91 Å². The Kier molecular flexibility index (Phi) is 6.06. The van der Waals surface area contributed by atoms with Gasteiger partial charge in [0, 0.05) is 28.6 Å². The van der Waals surface area contributed by atoms with Crippen LogP contribution in [-0.2, 0) is 4.79 Å². The van der Waals surface area contributed by atoms with E-state index >= 15 is 0 Å². The molecule has 5 heteroatoms. The third-order valence-corrected chi connectivity index (χ3v) is 5.12. The van der Waals surface area contributed by atoms with Crippen LogP contribution in [0.5, 0.6) is 0 Å². The van der Waals surface area contributed by atoms with Gasteiger partial charge in [-0.15, -0.1) is 11.8 Å². The summed E-state index contributed by atoms with van der Waals surface area (Å²) in [6.45, 7) is 5.08. The summed E-state index contributed by atoms with van der Waals surface area (Å²) >= 11 is 1.59. The van der Waals surface area contributed by atoms with Gasteiger partial charge in [-0.1, -0.05) is 6.92 Å². The van der Waals surface area contributed by atoms with E-state index < -0.39 is 0 Å². The Labute approximate surface area is 130 Å². The molecule has 1 heterocycles. The number of hydrogen-bond acceptors (Lipinski definition) is 3. The van der Waals surface area contributed by atoms with Crippen molar-refractivity contribution in [2.24, 2.45) is 5.92 Å². The highest BCUT2D eigenvalue weighted by Gasteiger charge is 2.24. The molecule has 3 unspecified atom stereocenters. The fourth-order valence-electron chi connectivity index (χ4n) is 2.39. The van der Waals surface area contributed by atoms with Crippen LogP contribution in [0.3, 0.4) is 0 Å². The summed E-state index contributed by atoms with van der Waals surface area (Å²) < 4.78 is 12.8. The first-order valence-electron chi connectivity index (χ1n) is 7.48. The molecule has 1 aliphatic heterocycles. The van der Waals surface area contributed by atoms with Crippen LogP contribution in [-0.4, -0.2) is 30.3 Å². The minimum atomic E-state index is -0.232. The maximum absolute atomic E-state index is 12.8. The molecular formula is C16H23FN2OS. The smallest absolute Gasteiger partial charge is 0.223 e. The molecule has 1 fully saturated rings. The van der Waals surface area contributed by atoms with Crippen molar-refractivity contribution in [1.82, 2.24) is 10.6 Å². The van der Waals surface area contributed by atoms with E-state index in [1.165, 1.54) is 12.1 Å². The van der Waals surface area contributed by atoms with E-state index in [-0.39, 0.29) is 23.7 Å². The van der Waals surface area contributed by atoms with Crippen LogP contribution >= 0.6 is 11.8 Å². The Hall–Kier alpha value is -1.07. The molecule has 0 aromatic heterocycles. The highest BCUT2D eigenvalue weighted by Crippen LogP contribution is 2.21. The molecule has 21 heavy (non-hydrogen) atoms. The number of amides is 1. The third-order valence-electron chi connectivity index (χ3n) is 3.85. The van der Waals surface area contributed by atoms with Crippen LogP contribution in [0.4, 0.5) is 4.39 Å². The maximum Gasteiger partial charge on any atom is 0.223 e. The molecule has 2 N–H and O–H groups in total. The van der Waals surface area contributed by atoms with Gasteiger partial charge in [0.15, 0.2) is 0 Å². The average Bonchev–Trinajstić information content (AvgIpc) is 2.48. The minimum absolute atomic E-state index is 0.0609. The van der Waals surface area contributed by atoms with Crippen molar-refractivity contribution in [3.8, 4) is 0 Å². The fourth-order valence-corrected chi connectivity index (χ4v) is 3.32. The van der Waals surface area contributed by atoms with Gasteiger partial charge < -0.3 is 10.6 Å². The van der Waals surface area contributed by atoms with Crippen molar-refractivity contribution in [2.45, 2.75) is 43.7 Å². The van der Waals surface area contributed by atoms with Crippen LogP contribution < -0.4 is 10.6 Å². The Morgan fingerprint density at radius 2 is 2.19 bits per heavy atom. The number of hydrogen-bond donors (Lipinski definition) is 2. The van der Waals surface area contributed by atoms with Crippen LogP contribution in [0.25, 0.3) is 0 Å². The van der Waals surface area contributed by atoms with Gasteiger partial charge in [-0.3, -0.25) is 4.79 Å². The first-order valence-corrected chi connectivity index (χ1v) is 8.47. The molecule has 0 aliphatic carbocycles. The zero-order valence-corrected chi connectivity index (χ0v) is 13.4. The average molecular weight is 310 g/mol. The van der Waals surface area contributed by atoms with Crippen LogP contribution in [0, 0.1) is 11.7 Å². The summed E-state index contributed by atoms with van der Waals surface area (Å²) in [7, 11) is 0. The summed E-state index contributed by atoms with van der Waals surface area (Å²) in [5.74, 6) is 0.509. The number of nitrogens with one attached hydrogen (secondary N) is 2. The summed E-state index contributed by atoms with van der Waals surface area (Å²) in [5, 5.41) is 6.52. The lowest BCUT2D eigenvalue weighted by molar-refractivity contribution is -0.124. The van der Waals surface area contributed by atoms with E-state index in [9.17, 15) is 9.18 Å². The monoisotopic (exact) mass is 310 g/mol. The Balaban J connectivity index is 1.78. The molecule has 1 saturated heterocycles. The minimum Gasteiger partial charge on any atom is -0.352 e. The molecule has 3 nitrogen and oxygen atoms in total. The van der Waals surface area contributed by atoms with E-state index in [1.807, 2.05) is 6.92 Å². The van der Waals surface area contributed by atoms with E-state index in [4.69, 9.17) is 0 Å². The second-order valence-corrected chi connectivity index (χ2v) is 6.76. The number of halogens is 1. The quantitative estimate of drug-likeness (QED) is 0.822. The Morgan fingerprint density at radius 1 is 1.48 bits per heavy atom. The molecule has 3 atom stereocenters. The number of rotatable bonds is 5. The molecule has 0 radical (unpaired) electrons. The number of carbonyl (C=O) groups excluding carboxylic acids is 1. The van der Waals surface area contributed by atoms with Crippen molar-refractivity contribution >= 4 is 17.7 Å². The molecule has 1 aromatic rings. The Morgan fingerprint density at radius 3 is 2.86 bits per heavy atom. The third kappa shape index (κ3) is 5.00. The van der Waals surface area contributed by atoms with Gasteiger partial charge in [-0.25, -0.2) is 4.39 Å². The molecule has 0 bridgehead atoms. The second kappa shape index (κ2) is 7.80. The van der Waals surface area contributed by atoms with Crippen LogP contribution in [0.15, 0.2) is 29.2 Å². The first-order chi connectivity index (χ1) is 10.1. The van der Waals surface area contributed by atoms with Gasteiger partial charge in [-0.2, -0.15) is 0 Å². The number of thioether (sulfide) groups is 1. The number of carbonyl (C=O) groups is 1. The normalized spacial score (nSPS) is 23.6. The summed E-state index contributed by atoms with van der Waals surface area (Å²) in [5.41, 5.74) is 0. The van der Waals surface area contributed by atoms with Gasteiger partial charge in [-0.05, 0) is 50.6 Å². The van der Waals surface area contributed by atoms with Crippen molar-refractivity contribution in [3.63, 3.8) is 0 Å². The predicted octanol–water partition coefficient (Wildman–Crippen LogP) is 2.81. The molecule has 1 aromatic carbocycles. The molecule has 116 valence electrons. The standard InChI is InChI=1S/C16H23FN2OS/c1-11(10-21-14-7-5-13(17)6-8-14)16(20)19-15-4-3-9-18-12(15)2/h5-8,11-12,15,18H,3-4,9-10H2,1-2H3,(H,19,20). The predicted molar refractivity (Wildman–Crippen MR) is 84.9 cm³/mol. The Bertz CT molecular complexity index is 466. The highest BCUT2D eigenvalue weighted by molar-refractivity contribution is 7.99. The van der Waals surface area contributed by atoms with Gasteiger partial charge in [0.05, 0.1) is 0 Å². The molecule has 1 amide bonds. The molecule has 0 spiro atoms. The molecule has 2 rings (SSSR count). The largest absolute Gasteiger partial charge is 0.352 e. The van der Waals surface area contributed by atoms with Crippen molar-refractivity contribution in [1.29, 1.82) is 0 Å². The van der Waals surface area contributed by atoms with Crippen molar-refractivity contribution in [2.75, 3.05) is 12.3 Å². The molecular weight excluding hydrogens is 287 g/mol. The molecule has 0 saturated carbocycles. The zero-order valence-electron chi connectivity index (χ0n) is 12.6. The van der Waals surface area contributed by atoms with E-state index in [0.29, 0.717) is 11.8 Å². The van der Waals surface area contributed by atoms with Gasteiger partial charge in [0.1, 0.15) is 5.82 Å². The zero-order chi connectivity index (χ0) is 15.2. The highest BCUT2D eigenvalue weighted by atomic mass is 32.2. The van der Waals surface area contributed by atoms with Crippen molar-refractivity contribution < 1.29 is 9.18 Å². The summed E-state index contributed by atoms with van der Waals surface area (Å²) in [6.07, 6.45) is 2.14. The lowest BCUT2D eigenvalue weighted by Gasteiger charge is -2.31. The topological polar surface area (TPSA) is 41.1 Å². The summed E-state index contributed by atoms with van der Waals surface area (Å²) in [4.78, 5) is 13.2. The van der Waals surface area contributed by atoms with E-state index in [2.05, 4.69) is 17.6 Å². The number of piperidine rings is 1.